The molecule has 0 spiro atoms. The Morgan fingerprint density at radius 2 is 1.90 bits per heavy atom. The van der Waals surface area contributed by atoms with E-state index in [1.807, 2.05) is 27.7 Å². The molecule has 0 radical (unpaired) electrons. The lowest BCUT2D eigenvalue weighted by Crippen LogP contribution is -2.43. The van der Waals surface area contributed by atoms with Gasteiger partial charge in [-0.2, -0.15) is 5.26 Å². The van der Waals surface area contributed by atoms with Crippen LogP contribution in [-0.2, 0) is 10.2 Å². The van der Waals surface area contributed by atoms with Gasteiger partial charge in [-0.05, 0) is 30.0 Å². The Hall–Kier alpha value is -3.47. The minimum atomic E-state index is -0.529. The van der Waals surface area contributed by atoms with Crippen molar-refractivity contribution in [2.75, 3.05) is 11.4 Å². The molecule has 0 saturated heterocycles. The van der Waals surface area contributed by atoms with Crippen LogP contribution in [0, 0.1) is 11.3 Å². The van der Waals surface area contributed by atoms with Crippen molar-refractivity contribution in [2.24, 2.45) is 0 Å². The molecule has 1 aromatic heterocycles. The second-order valence-electron chi connectivity index (χ2n) is 7.48. The molecule has 1 heterocycles. The summed E-state index contributed by atoms with van der Waals surface area (Å²) in [5.74, 6) is 0.0892. The molecule has 0 saturated carbocycles. The van der Waals surface area contributed by atoms with Crippen LogP contribution in [0.15, 0.2) is 30.6 Å². The molecule has 1 aromatic carbocycles. The van der Waals surface area contributed by atoms with Gasteiger partial charge in [0.2, 0.25) is 5.91 Å². The van der Waals surface area contributed by atoms with Crippen molar-refractivity contribution in [2.45, 2.75) is 46.5 Å². The largest absolute Gasteiger partial charge is 0.424 e. The van der Waals surface area contributed by atoms with Gasteiger partial charge < -0.3 is 10.1 Å². The maximum atomic E-state index is 12.2. The minimum Gasteiger partial charge on any atom is -0.424 e. The summed E-state index contributed by atoms with van der Waals surface area (Å²) in [7, 11) is 0. The van der Waals surface area contributed by atoms with E-state index >= 15 is 0 Å². The zero-order valence-electron chi connectivity index (χ0n) is 17.3. The van der Waals surface area contributed by atoms with E-state index in [1.165, 1.54) is 19.3 Å². The summed E-state index contributed by atoms with van der Waals surface area (Å²) in [6, 6.07) is 6.81. The molecule has 8 nitrogen and oxygen atoms in total. The summed E-state index contributed by atoms with van der Waals surface area (Å²) >= 11 is 0. The number of anilines is 1. The number of rotatable bonds is 5. The molecule has 0 aliphatic rings. The van der Waals surface area contributed by atoms with E-state index in [0.717, 1.165) is 16.9 Å². The fraction of sp³-hybridized carbons (Fsp3) is 0.381. The zero-order chi connectivity index (χ0) is 21.6. The number of carbonyl (C=O) groups is 2. The molecule has 3 amide bonds. The molecule has 0 aliphatic heterocycles. The van der Waals surface area contributed by atoms with Crippen LogP contribution in [0.4, 0.5) is 10.5 Å². The van der Waals surface area contributed by atoms with Crippen LogP contribution in [-0.4, -0.2) is 28.5 Å². The van der Waals surface area contributed by atoms with Crippen LogP contribution >= 0.6 is 0 Å². The van der Waals surface area contributed by atoms with E-state index in [0.29, 0.717) is 17.9 Å². The van der Waals surface area contributed by atoms with Crippen LogP contribution < -0.4 is 15.0 Å². The molecule has 8 heteroatoms. The first-order valence-electron chi connectivity index (χ1n) is 9.30. The van der Waals surface area contributed by atoms with Gasteiger partial charge in [0.15, 0.2) is 0 Å². The normalized spacial score (nSPS) is 10.8. The highest BCUT2D eigenvalue weighted by Crippen LogP contribution is 2.34. The maximum absolute atomic E-state index is 12.2. The molecule has 1 N–H and O–H groups in total. The average Bonchev–Trinajstić information content (AvgIpc) is 2.67. The number of hydrogen-bond acceptors (Lipinski definition) is 6. The number of ether oxygens (including phenoxy) is 1. The van der Waals surface area contributed by atoms with Gasteiger partial charge in [-0.25, -0.2) is 19.7 Å². The number of aromatic nitrogens is 2. The number of nitriles is 1. The van der Waals surface area contributed by atoms with Gasteiger partial charge in [0.25, 0.3) is 0 Å². The molecule has 0 bridgehead atoms. The summed E-state index contributed by atoms with van der Waals surface area (Å²) in [6.45, 7) is 9.71. The molecule has 0 atom stereocenters. The van der Waals surface area contributed by atoms with Gasteiger partial charge in [-0.3, -0.25) is 4.79 Å². The lowest BCUT2D eigenvalue weighted by Gasteiger charge is -2.22. The van der Waals surface area contributed by atoms with Gasteiger partial charge in [-0.15, -0.1) is 0 Å². The molecule has 0 unspecified atom stereocenters. The second-order valence-corrected chi connectivity index (χ2v) is 7.48. The zero-order valence-corrected chi connectivity index (χ0v) is 17.3. The fourth-order valence-electron chi connectivity index (χ4n) is 2.60. The third-order valence-corrected chi connectivity index (χ3v) is 4.03. The second kappa shape index (κ2) is 9.15. The number of benzene rings is 1. The monoisotopic (exact) mass is 395 g/mol. The Balaban J connectivity index is 2.28. The summed E-state index contributed by atoms with van der Waals surface area (Å²) < 4.78 is 5.82. The van der Waals surface area contributed by atoms with E-state index in [4.69, 9.17) is 10.00 Å². The molecule has 2 aromatic rings. The highest BCUT2D eigenvalue weighted by atomic mass is 16.5. The number of amides is 3. The van der Waals surface area contributed by atoms with Crippen molar-refractivity contribution in [1.29, 1.82) is 5.26 Å². The Bertz CT molecular complexity index is 927. The SMILES string of the molecule is CCCNC(=O)N(C(C)=O)c1cnc(Oc2ccc(C#N)cc2C(C)(C)C)nc1. The number of urea groups is 1. The highest BCUT2D eigenvalue weighted by molar-refractivity contribution is 6.13. The molecule has 152 valence electrons. The fourth-order valence-corrected chi connectivity index (χ4v) is 2.60. The lowest BCUT2D eigenvalue weighted by molar-refractivity contribution is -0.115. The Morgan fingerprint density at radius 3 is 2.41 bits per heavy atom. The van der Waals surface area contributed by atoms with E-state index in [2.05, 4.69) is 21.4 Å². The molecular formula is C21H25N5O3. The number of nitrogens with one attached hydrogen (secondary N) is 1. The van der Waals surface area contributed by atoms with Crippen molar-refractivity contribution < 1.29 is 14.3 Å². The van der Waals surface area contributed by atoms with Crippen LogP contribution in [0.5, 0.6) is 11.8 Å². The van der Waals surface area contributed by atoms with Gasteiger partial charge >= 0.3 is 12.0 Å². The topological polar surface area (TPSA) is 108 Å². The van der Waals surface area contributed by atoms with Gasteiger partial charge in [0.1, 0.15) is 5.75 Å². The van der Waals surface area contributed by atoms with Crippen molar-refractivity contribution in [3.8, 4) is 17.8 Å². The van der Waals surface area contributed by atoms with Crippen LogP contribution in [0.3, 0.4) is 0 Å². The standard InChI is InChI=1S/C21H25N5O3/c1-6-9-23-20(28)26(14(2)27)16-12-24-19(25-13-16)29-18-8-7-15(11-22)10-17(18)21(3,4)5/h7-8,10,12-13H,6,9H2,1-5H3,(H,23,28). The van der Waals surface area contributed by atoms with E-state index in [9.17, 15) is 9.59 Å². The van der Waals surface area contributed by atoms with E-state index in [-0.39, 0.29) is 17.1 Å². The first-order valence-corrected chi connectivity index (χ1v) is 9.30. The Kier molecular flexibility index (Phi) is 6.89. The van der Waals surface area contributed by atoms with E-state index < -0.39 is 11.9 Å². The van der Waals surface area contributed by atoms with Crippen molar-refractivity contribution >= 4 is 17.6 Å². The van der Waals surface area contributed by atoms with Crippen LogP contribution in [0.2, 0.25) is 0 Å². The molecule has 0 aliphatic carbocycles. The van der Waals surface area contributed by atoms with Gasteiger partial charge in [0, 0.05) is 19.0 Å². The van der Waals surface area contributed by atoms with Gasteiger partial charge in [-0.1, -0.05) is 27.7 Å². The summed E-state index contributed by atoms with van der Waals surface area (Å²) in [5, 5.41) is 11.8. The lowest BCUT2D eigenvalue weighted by atomic mass is 9.85. The third-order valence-electron chi connectivity index (χ3n) is 4.03. The summed E-state index contributed by atoms with van der Waals surface area (Å²) in [6.07, 6.45) is 3.47. The van der Waals surface area contributed by atoms with Crippen molar-refractivity contribution in [3.63, 3.8) is 0 Å². The number of nitrogens with zero attached hydrogens (tertiary/aromatic N) is 4. The highest BCUT2D eigenvalue weighted by Gasteiger charge is 2.22. The Morgan fingerprint density at radius 1 is 1.24 bits per heavy atom. The first-order chi connectivity index (χ1) is 13.7. The Labute approximate surface area is 170 Å². The smallest absolute Gasteiger partial charge is 0.328 e. The van der Waals surface area contributed by atoms with Crippen molar-refractivity contribution in [1.82, 2.24) is 15.3 Å². The predicted octanol–water partition coefficient (Wildman–Crippen LogP) is 3.91. The number of imide groups is 1. The summed E-state index contributed by atoms with van der Waals surface area (Å²) in [4.78, 5) is 33.3. The predicted molar refractivity (Wildman–Crippen MR) is 109 cm³/mol. The van der Waals surface area contributed by atoms with E-state index in [1.54, 1.807) is 18.2 Å². The minimum absolute atomic E-state index is 0.0708. The molecule has 29 heavy (non-hydrogen) atoms. The van der Waals surface area contributed by atoms with Gasteiger partial charge in [0.05, 0.1) is 29.7 Å². The summed E-state index contributed by atoms with van der Waals surface area (Å²) in [5.41, 5.74) is 1.36. The van der Waals surface area contributed by atoms with Crippen LogP contribution in [0.25, 0.3) is 0 Å². The average molecular weight is 395 g/mol. The quantitative estimate of drug-likeness (QED) is 0.822. The maximum Gasteiger partial charge on any atom is 0.328 e. The van der Waals surface area contributed by atoms with Crippen LogP contribution in [0.1, 0.15) is 52.2 Å². The first kappa shape index (κ1) is 21.8. The third kappa shape index (κ3) is 5.51. The molecular weight excluding hydrogens is 370 g/mol. The number of carbonyl (C=O) groups excluding carboxylic acids is 2. The molecule has 2 rings (SSSR count). The number of hydrogen-bond donors (Lipinski definition) is 1. The molecule has 0 fully saturated rings. The van der Waals surface area contributed by atoms with Crippen molar-refractivity contribution in [3.05, 3.63) is 41.7 Å².